The minimum absolute atomic E-state index is 0. The fourth-order valence-corrected chi connectivity index (χ4v) is 1.39. The van der Waals surface area contributed by atoms with Crippen LogP contribution in [0.3, 0.4) is 0 Å². The number of hydrogen-bond acceptors (Lipinski definition) is 3. The lowest BCUT2D eigenvalue weighted by atomic mass is 10.2. The summed E-state index contributed by atoms with van der Waals surface area (Å²) in [5.74, 6) is 0. The second-order valence-corrected chi connectivity index (χ2v) is 3.99. The van der Waals surface area contributed by atoms with Gasteiger partial charge in [0.05, 0.1) is 6.33 Å². The molecule has 0 radical (unpaired) electrons. The van der Waals surface area contributed by atoms with Gasteiger partial charge in [-0.25, -0.2) is 4.98 Å². The molecular formula is C11H23ClN4. The molecule has 1 heterocycles. The quantitative estimate of drug-likeness (QED) is 0.720. The van der Waals surface area contributed by atoms with Crippen molar-refractivity contribution in [3.63, 3.8) is 0 Å². The Labute approximate surface area is 104 Å². The summed E-state index contributed by atoms with van der Waals surface area (Å²) in [7, 11) is 2.17. The number of likely N-dealkylation sites (N-methyl/N-ethyl adjacent to an activating group) is 1. The van der Waals surface area contributed by atoms with Crippen LogP contribution in [0.2, 0.25) is 0 Å². The van der Waals surface area contributed by atoms with Crippen LogP contribution in [0.25, 0.3) is 0 Å². The third-order valence-electron chi connectivity index (χ3n) is 2.85. The van der Waals surface area contributed by atoms with Gasteiger partial charge in [0, 0.05) is 37.6 Å². The van der Waals surface area contributed by atoms with Crippen LogP contribution in [0.1, 0.15) is 26.0 Å². The highest BCUT2D eigenvalue weighted by molar-refractivity contribution is 5.85. The summed E-state index contributed by atoms with van der Waals surface area (Å²) in [6.45, 7) is 7.45. The van der Waals surface area contributed by atoms with Gasteiger partial charge >= 0.3 is 0 Å². The number of H-pyrrole nitrogens is 1. The van der Waals surface area contributed by atoms with Gasteiger partial charge in [-0.15, -0.1) is 12.4 Å². The van der Waals surface area contributed by atoms with E-state index in [1.165, 1.54) is 6.42 Å². The number of aromatic nitrogens is 2. The second-order valence-electron chi connectivity index (χ2n) is 3.99. The molecule has 0 aliphatic heterocycles. The highest BCUT2D eigenvalue weighted by Gasteiger charge is 2.05. The van der Waals surface area contributed by atoms with Crippen molar-refractivity contribution >= 4 is 12.4 Å². The van der Waals surface area contributed by atoms with Crippen molar-refractivity contribution in [2.45, 2.75) is 32.9 Å². The largest absolute Gasteiger partial charge is 0.347 e. The number of rotatable bonds is 7. The lowest BCUT2D eigenvalue weighted by Gasteiger charge is -2.23. The minimum Gasteiger partial charge on any atom is -0.347 e. The molecule has 0 aliphatic rings. The van der Waals surface area contributed by atoms with Crippen molar-refractivity contribution in [3.05, 3.63) is 18.2 Å². The van der Waals surface area contributed by atoms with E-state index in [9.17, 15) is 0 Å². The predicted octanol–water partition coefficient (Wildman–Crippen LogP) is 1.65. The van der Waals surface area contributed by atoms with Crippen molar-refractivity contribution in [3.8, 4) is 0 Å². The van der Waals surface area contributed by atoms with Gasteiger partial charge in [-0.2, -0.15) is 0 Å². The Kier molecular flexibility index (Phi) is 8.25. The Morgan fingerprint density at radius 1 is 1.56 bits per heavy atom. The maximum absolute atomic E-state index is 3.97. The Bertz CT molecular complexity index is 250. The molecule has 4 nitrogen and oxygen atoms in total. The molecule has 0 spiro atoms. The number of imidazole rings is 1. The highest BCUT2D eigenvalue weighted by Crippen LogP contribution is 1.98. The van der Waals surface area contributed by atoms with Crippen molar-refractivity contribution < 1.29 is 0 Å². The van der Waals surface area contributed by atoms with Crippen LogP contribution in [0.5, 0.6) is 0 Å². The Morgan fingerprint density at radius 3 is 2.88 bits per heavy atom. The fourth-order valence-electron chi connectivity index (χ4n) is 1.39. The first-order valence-corrected chi connectivity index (χ1v) is 5.62. The molecule has 1 aromatic heterocycles. The summed E-state index contributed by atoms with van der Waals surface area (Å²) in [6.07, 6.45) is 4.77. The van der Waals surface area contributed by atoms with Crippen molar-refractivity contribution in [2.75, 3.05) is 20.1 Å². The smallest absolute Gasteiger partial charge is 0.0922 e. The molecule has 2 N–H and O–H groups in total. The van der Waals surface area contributed by atoms with E-state index in [-0.39, 0.29) is 12.4 Å². The van der Waals surface area contributed by atoms with E-state index in [1.807, 2.05) is 6.20 Å². The van der Waals surface area contributed by atoms with Gasteiger partial charge in [-0.05, 0) is 20.4 Å². The van der Waals surface area contributed by atoms with Gasteiger partial charge in [0.1, 0.15) is 0 Å². The van der Waals surface area contributed by atoms with Gasteiger partial charge in [0.15, 0.2) is 0 Å². The normalized spacial score (nSPS) is 12.5. The lowest BCUT2D eigenvalue weighted by Crippen LogP contribution is -2.34. The van der Waals surface area contributed by atoms with E-state index in [1.54, 1.807) is 6.33 Å². The molecule has 1 aromatic rings. The van der Waals surface area contributed by atoms with E-state index in [0.717, 1.165) is 25.3 Å². The number of nitrogens with zero attached hydrogens (tertiary/aromatic N) is 2. The van der Waals surface area contributed by atoms with Gasteiger partial charge in [0.2, 0.25) is 0 Å². The van der Waals surface area contributed by atoms with Gasteiger partial charge in [-0.3, -0.25) is 0 Å². The van der Waals surface area contributed by atoms with Crippen LogP contribution in [0, 0.1) is 0 Å². The zero-order chi connectivity index (χ0) is 11.1. The van der Waals surface area contributed by atoms with E-state index >= 15 is 0 Å². The first-order valence-electron chi connectivity index (χ1n) is 5.62. The number of aromatic amines is 1. The van der Waals surface area contributed by atoms with Crippen LogP contribution in [-0.4, -0.2) is 41.0 Å². The standard InChI is InChI=1S/C11H22N4.ClH/c1-4-10(2)15(3)6-5-12-7-11-8-13-9-14-11;/h8-10,12H,4-7H2,1-3H3,(H,13,14);1H. The molecule has 1 rings (SSSR count). The summed E-state index contributed by atoms with van der Waals surface area (Å²) in [5.41, 5.74) is 1.14. The van der Waals surface area contributed by atoms with Crippen LogP contribution in [0.15, 0.2) is 12.5 Å². The average Bonchev–Trinajstić information content (AvgIpc) is 2.75. The number of halogens is 1. The molecule has 1 unspecified atom stereocenters. The first-order chi connectivity index (χ1) is 7.24. The van der Waals surface area contributed by atoms with Crippen LogP contribution >= 0.6 is 12.4 Å². The van der Waals surface area contributed by atoms with Crippen molar-refractivity contribution in [1.82, 2.24) is 20.2 Å². The maximum Gasteiger partial charge on any atom is 0.0922 e. The fraction of sp³-hybridized carbons (Fsp3) is 0.727. The molecule has 0 saturated heterocycles. The molecule has 1 atom stereocenters. The molecule has 0 amide bonds. The number of hydrogen-bond donors (Lipinski definition) is 2. The molecule has 0 aliphatic carbocycles. The van der Waals surface area contributed by atoms with E-state index in [2.05, 4.69) is 41.1 Å². The van der Waals surface area contributed by atoms with Crippen LogP contribution in [-0.2, 0) is 6.54 Å². The monoisotopic (exact) mass is 246 g/mol. The zero-order valence-electron chi connectivity index (χ0n) is 10.4. The highest BCUT2D eigenvalue weighted by atomic mass is 35.5. The van der Waals surface area contributed by atoms with Crippen LogP contribution < -0.4 is 5.32 Å². The van der Waals surface area contributed by atoms with E-state index in [4.69, 9.17) is 0 Å². The van der Waals surface area contributed by atoms with Crippen molar-refractivity contribution in [2.24, 2.45) is 0 Å². The summed E-state index contributed by atoms with van der Waals surface area (Å²) in [6, 6.07) is 0.666. The zero-order valence-corrected chi connectivity index (χ0v) is 11.2. The van der Waals surface area contributed by atoms with Crippen molar-refractivity contribution in [1.29, 1.82) is 0 Å². The summed E-state index contributed by atoms with van der Waals surface area (Å²) in [5, 5.41) is 3.38. The molecule has 94 valence electrons. The second kappa shape index (κ2) is 8.56. The Morgan fingerprint density at radius 2 is 2.31 bits per heavy atom. The third kappa shape index (κ3) is 5.49. The topological polar surface area (TPSA) is 44.0 Å². The Balaban J connectivity index is 0.00000225. The molecule has 5 heteroatoms. The lowest BCUT2D eigenvalue weighted by molar-refractivity contribution is 0.251. The first kappa shape index (κ1) is 15.4. The molecule has 16 heavy (non-hydrogen) atoms. The maximum atomic E-state index is 3.97. The van der Waals surface area contributed by atoms with Crippen LogP contribution in [0.4, 0.5) is 0 Å². The summed E-state index contributed by atoms with van der Waals surface area (Å²) >= 11 is 0. The third-order valence-corrected chi connectivity index (χ3v) is 2.85. The predicted molar refractivity (Wildman–Crippen MR) is 69.9 cm³/mol. The van der Waals surface area contributed by atoms with Gasteiger partial charge < -0.3 is 15.2 Å². The molecule has 0 aromatic carbocycles. The summed E-state index contributed by atoms with van der Waals surface area (Å²) in [4.78, 5) is 9.42. The molecule has 0 fully saturated rings. The van der Waals surface area contributed by atoms with E-state index in [0.29, 0.717) is 6.04 Å². The molecule has 0 saturated carbocycles. The van der Waals surface area contributed by atoms with E-state index < -0.39 is 0 Å². The SMILES string of the molecule is CCC(C)N(C)CCNCc1cnc[nH]1.Cl. The minimum atomic E-state index is 0. The van der Waals surface area contributed by atoms with Gasteiger partial charge in [0.25, 0.3) is 0 Å². The van der Waals surface area contributed by atoms with Gasteiger partial charge in [-0.1, -0.05) is 6.92 Å². The molecule has 0 bridgehead atoms. The Hall–Kier alpha value is -0.580. The average molecular weight is 247 g/mol. The molecular weight excluding hydrogens is 224 g/mol. The number of nitrogens with one attached hydrogen (secondary N) is 2. The summed E-state index contributed by atoms with van der Waals surface area (Å²) < 4.78 is 0.